The van der Waals surface area contributed by atoms with E-state index in [2.05, 4.69) is 5.32 Å². The summed E-state index contributed by atoms with van der Waals surface area (Å²) < 4.78 is 5.04. The second-order valence-corrected chi connectivity index (χ2v) is 6.99. The van der Waals surface area contributed by atoms with E-state index in [1.54, 1.807) is 20.8 Å². The fraction of sp³-hybridized carbons (Fsp3) is 0.444. The first-order chi connectivity index (χ1) is 11.8. The van der Waals surface area contributed by atoms with Gasteiger partial charge in [0.15, 0.2) is 17.1 Å². The lowest BCUT2D eigenvalue weighted by Crippen LogP contribution is -2.53. The summed E-state index contributed by atoms with van der Waals surface area (Å²) in [6, 6.07) is 4.02. The molecule has 1 aromatic rings. The van der Waals surface area contributed by atoms with Crippen molar-refractivity contribution in [2.75, 3.05) is 6.54 Å². The van der Waals surface area contributed by atoms with E-state index in [-0.39, 0.29) is 18.0 Å². The highest BCUT2D eigenvalue weighted by molar-refractivity contribution is 5.91. The number of hydrogen-bond donors (Lipinski definition) is 5. The van der Waals surface area contributed by atoms with Crippen LogP contribution in [0.25, 0.3) is 6.08 Å². The Kier molecular flexibility index (Phi) is 6.77. The lowest BCUT2D eigenvalue weighted by molar-refractivity contribution is -0.186. The van der Waals surface area contributed by atoms with E-state index in [1.807, 2.05) is 0 Å². The standard InChI is InChI=1S/C18H25NO7/c1-17(2,3)26-16(24)18(4,25)14(22)10-19-15(23)8-6-11-5-7-12(20)13(21)9-11/h5-9,14,20-22,25H,10H2,1-4H3,(H,19,23)/b8-6+/t14-,18-/m1/s1. The van der Waals surface area contributed by atoms with Crippen molar-refractivity contribution in [3.05, 3.63) is 29.8 Å². The Morgan fingerprint density at radius 3 is 2.35 bits per heavy atom. The number of rotatable bonds is 6. The van der Waals surface area contributed by atoms with Crippen molar-refractivity contribution in [2.45, 2.75) is 45.0 Å². The predicted molar refractivity (Wildman–Crippen MR) is 94.3 cm³/mol. The predicted octanol–water partition coefficient (Wildman–Crippen LogP) is 0.681. The van der Waals surface area contributed by atoms with Crippen molar-refractivity contribution in [1.29, 1.82) is 0 Å². The second kappa shape index (κ2) is 8.20. The normalized spacial score (nSPS) is 15.3. The molecule has 0 bridgehead atoms. The van der Waals surface area contributed by atoms with Gasteiger partial charge in [0.05, 0.1) is 0 Å². The average molecular weight is 367 g/mol. The quantitative estimate of drug-likeness (QED) is 0.283. The molecule has 5 N–H and O–H groups in total. The summed E-state index contributed by atoms with van der Waals surface area (Å²) in [6.45, 7) is 5.60. The Labute approximate surface area is 151 Å². The van der Waals surface area contributed by atoms with Crippen LogP contribution in [0.1, 0.15) is 33.3 Å². The van der Waals surface area contributed by atoms with Gasteiger partial charge in [-0.3, -0.25) is 4.79 Å². The number of phenolic OH excluding ortho intramolecular Hbond substituents is 2. The number of amides is 1. The fourth-order valence-electron chi connectivity index (χ4n) is 1.79. The van der Waals surface area contributed by atoms with Gasteiger partial charge in [-0.05, 0) is 51.5 Å². The van der Waals surface area contributed by atoms with Gasteiger partial charge in [-0.1, -0.05) is 6.07 Å². The van der Waals surface area contributed by atoms with Crippen LogP contribution in [-0.4, -0.2) is 56.2 Å². The number of esters is 1. The summed E-state index contributed by atoms with van der Waals surface area (Å²) in [5.74, 6) is -2.19. The van der Waals surface area contributed by atoms with Crippen LogP contribution in [0.4, 0.5) is 0 Å². The number of ether oxygens (including phenoxy) is 1. The van der Waals surface area contributed by atoms with Gasteiger partial charge in [0.25, 0.3) is 0 Å². The molecule has 26 heavy (non-hydrogen) atoms. The van der Waals surface area contributed by atoms with Gasteiger partial charge in [0.2, 0.25) is 5.91 Å². The number of carbonyl (C=O) groups excluding carboxylic acids is 2. The van der Waals surface area contributed by atoms with E-state index in [0.717, 1.165) is 13.0 Å². The van der Waals surface area contributed by atoms with Gasteiger partial charge in [-0.25, -0.2) is 4.79 Å². The molecule has 0 aliphatic carbocycles. The molecule has 0 saturated heterocycles. The summed E-state index contributed by atoms with van der Waals surface area (Å²) in [5.41, 5.74) is -2.55. The van der Waals surface area contributed by atoms with Gasteiger partial charge in [0.1, 0.15) is 11.7 Å². The van der Waals surface area contributed by atoms with Crippen molar-refractivity contribution < 1.29 is 34.8 Å². The molecule has 0 aliphatic heterocycles. The molecule has 0 aliphatic rings. The van der Waals surface area contributed by atoms with Crippen molar-refractivity contribution in [3.63, 3.8) is 0 Å². The van der Waals surface area contributed by atoms with E-state index < -0.39 is 29.2 Å². The van der Waals surface area contributed by atoms with Gasteiger partial charge >= 0.3 is 5.97 Å². The van der Waals surface area contributed by atoms with E-state index in [9.17, 15) is 30.0 Å². The number of aromatic hydroxyl groups is 2. The molecule has 0 fully saturated rings. The van der Waals surface area contributed by atoms with Crippen molar-refractivity contribution in [3.8, 4) is 11.5 Å². The zero-order valence-electron chi connectivity index (χ0n) is 15.2. The molecule has 1 rings (SSSR count). The number of aliphatic hydroxyl groups excluding tert-OH is 1. The summed E-state index contributed by atoms with van der Waals surface area (Å²) in [4.78, 5) is 23.7. The highest BCUT2D eigenvalue weighted by atomic mass is 16.6. The number of phenols is 2. The summed E-state index contributed by atoms with van der Waals surface area (Å²) >= 11 is 0. The van der Waals surface area contributed by atoms with Crippen LogP contribution in [-0.2, 0) is 14.3 Å². The van der Waals surface area contributed by atoms with Crippen molar-refractivity contribution in [1.82, 2.24) is 5.32 Å². The van der Waals surface area contributed by atoms with E-state index in [0.29, 0.717) is 5.56 Å². The first kappa shape index (κ1) is 21.5. The Morgan fingerprint density at radius 1 is 1.19 bits per heavy atom. The monoisotopic (exact) mass is 367 g/mol. The zero-order valence-corrected chi connectivity index (χ0v) is 15.2. The van der Waals surface area contributed by atoms with Gasteiger partial charge < -0.3 is 30.5 Å². The molecule has 0 saturated carbocycles. The Bertz CT molecular complexity index is 689. The van der Waals surface area contributed by atoms with Crippen LogP contribution in [0.2, 0.25) is 0 Å². The molecule has 0 heterocycles. The molecule has 0 spiro atoms. The fourth-order valence-corrected chi connectivity index (χ4v) is 1.79. The first-order valence-corrected chi connectivity index (χ1v) is 7.94. The van der Waals surface area contributed by atoms with E-state index in [4.69, 9.17) is 4.74 Å². The number of aliphatic hydroxyl groups is 2. The third kappa shape index (κ3) is 6.38. The molecule has 0 aromatic heterocycles. The molecular weight excluding hydrogens is 342 g/mol. The average Bonchev–Trinajstić information content (AvgIpc) is 2.51. The third-order valence-electron chi connectivity index (χ3n) is 3.36. The Balaban J connectivity index is 2.61. The Morgan fingerprint density at radius 2 is 1.81 bits per heavy atom. The van der Waals surface area contributed by atoms with Crippen LogP contribution >= 0.6 is 0 Å². The molecule has 144 valence electrons. The lowest BCUT2D eigenvalue weighted by Gasteiger charge is -2.30. The van der Waals surface area contributed by atoms with E-state index >= 15 is 0 Å². The van der Waals surface area contributed by atoms with Gasteiger partial charge in [-0.15, -0.1) is 0 Å². The van der Waals surface area contributed by atoms with Crippen LogP contribution in [0.3, 0.4) is 0 Å². The minimum atomic E-state index is -2.19. The van der Waals surface area contributed by atoms with Crippen molar-refractivity contribution >= 4 is 18.0 Å². The SMILES string of the molecule is CC(C)(C)OC(=O)[C@](C)(O)[C@H](O)CNC(=O)/C=C/c1ccc(O)c(O)c1. The van der Waals surface area contributed by atoms with Crippen LogP contribution < -0.4 is 5.32 Å². The van der Waals surface area contributed by atoms with Crippen LogP contribution in [0.15, 0.2) is 24.3 Å². The molecule has 8 heteroatoms. The maximum atomic E-state index is 11.9. The van der Waals surface area contributed by atoms with Gasteiger partial charge in [0, 0.05) is 12.6 Å². The molecular formula is C18H25NO7. The zero-order chi connectivity index (χ0) is 20.1. The van der Waals surface area contributed by atoms with Crippen molar-refractivity contribution in [2.24, 2.45) is 0 Å². The molecule has 0 unspecified atom stereocenters. The van der Waals surface area contributed by atoms with Crippen LogP contribution in [0, 0.1) is 0 Å². The Hall–Kier alpha value is -2.58. The summed E-state index contributed by atoms with van der Waals surface area (Å²) in [6.07, 6.45) is 0.945. The highest BCUT2D eigenvalue weighted by Gasteiger charge is 2.41. The number of hydrogen-bond acceptors (Lipinski definition) is 7. The van der Waals surface area contributed by atoms with E-state index in [1.165, 1.54) is 24.3 Å². The molecule has 8 nitrogen and oxygen atoms in total. The van der Waals surface area contributed by atoms with Crippen LogP contribution in [0.5, 0.6) is 11.5 Å². The second-order valence-electron chi connectivity index (χ2n) is 6.99. The maximum Gasteiger partial charge on any atom is 0.341 e. The first-order valence-electron chi connectivity index (χ1n) is 7.94. The smallest absolute Gasteiger partial charge is 0.341 e. The maximum absolute atomic E-state index is 11.9. The third-order valence-corrected chi connectivity index (χ3v) is 3.36. The summed E-state index contributed by atoms with van der Waals surface area (Å²) in [7, 11) is 0. The molecule has 2 atom stereocenters. The summed E-state index contributed by atoms with van der Waals surface area (Å²) in [5, 5.41) is 41.1. The molecule has 1 aromatic carbocycles. The molecule has 1 amide bonds. The van der Waals surface area contributed by atoms with Gasteiger partial charge in [-0.2, -0.15) is 0 Å². The highest BCUT2D eigenvalue weighted by Crippen LogP contribution is 2.25. The lowest BCUT2D eigenvalue weighted by atomic mass is 9.98. The minimum Gasteiger partial charge on any atom is -0.504 e. The number of carbonyl (C=O) groups is 2. The topological polar surface area (TPSA) is 136 Å². The largest absolute Gasteiger partial charge is 0.504 e. The minimum absolute atomic E-state index is 0.279. The molecule has 0 radical (unpaired) electrons. The number of benzene rings is 1. The number of nitrogens with one attached hydrogen (secondary N) is 1.